The average molecular weight is 336 g/mol. The molecule has 0 aliphatic heterocycles. The van der Waals surface area contributed by atoms with E-state index in [0.29, 0.717) is 24.6 Å². The minimum atomic E-state index is -0.822. The van der Waals surface area contributed by atoms with Crippen LogP contribution in [-0.4, -0.2) is 30.2 Å². The van der Waals surface area contributed by atoms with Crippen LogP contribution in [0, 0.1) is 6.92 Å². The Labute approximate surface area is 146 Å². The molecule has 0 radical (unpaired) electrons. The Balaban J connectivity index is 2.71. The molecule has 0 fully saturated rings. The molecule has 0 saturated carbocycles. The molecule has 1 heterocycles. The van der Waals surface area contributed by atoms with Crippen molar-refractivity contribution in [3.8, 4) is 5.88 Å². The van der Waals surface area contributed by atoms with E-state index in [1.165, 1.54) is 0 Å². The van der Waals surface area contributed by atoms with Crippen LogP contribution in [0.1, 0.15) is 65.0 Å². The monoisotopic (exact) mass is 336 g/mol. The lowest BCUT2D eigenvalue weighted by atomic mass is 9.97. The molecule has 1 aromatic heterocycles. The SMILES string of the molecule is CCCCCC(C)(OC)C(=O)Nc1ccc(OCCCC)nc1C. The number of carbonyl (C=O) groups excluding carboxylic acids is 1. The van der Waals surface area contributed by atoms with Crippen LogP contribution < -0.4 is 10.1 Å². The molecular weight excluding hydrogens is 304 g/mol. The number of hydrogen-bond acceptors (Lipinski definition) is 4. The van der Waals surface area contributed by atoms with Crippen molar-refractivity contribution in [1.82, 2.24) is 4.98 Å². The molecule has 1 amide bonds. The molecule has 0 saturated heterocycles. The first-order valence-corrected chi connectivity index (χ1v) is 8.93. The van der Waals surface area contributed by atoms with Crippen molar-refractivity contribution in [1.29, 1.82) is 0 Å². The van der Waals surface area contributed by atoms with Gasteiger partial charge >= 0.3 is 0 Å². The van der Waals surface area contributed by atoms with Crippen molar-refractivity contribution in [3.63, 3.8) is 0 Å². The van der Waals surface area contributed by atoms with Gasteiger partial charge in [0, 0.05) is 13.2 Å². The van der Waals surface area contributed by atoms with Gasteiger partial charge in [-0.05, 0) is 32.8 Å². The van der Waals surface area contributed by atoms with Gasteiger partial charge in [-0.25, -0.2) is 4.98 Å². The molecule has 1 N–H and O–H groups in total. The molecule has 1 unspecified atom stereocenters. The number of nitrogens with zero attached hydrogens (tertiary/aromatic N) is 1. The summed E-state index contributed by atoms with van der Waals surface area (Å²) in [7, 11) is 1.58. The molecule has 5 nitrogen and oxygen atoms in total. The van der Waals surface area contributed by atoms with E-state index in [-0.39, 0.29) is 5.91 Å². The van der Waals surface area contributed by atoms with Crippen molar-refractivity contribution in [2.45, 2.75) is 71.8 Å². The minimum Gasteiger partial charge on any atom is -0.478 e. The summed E-state index contributed by atoms with van der Waals surface area (Å²) in [6, 6.07) is 3.63. The van der Waals surface area contributed by atoms with Crippen LogP contribution in [-0.2, 0) is 9.53 Å². The maximum Gasteiger partial charge on any atom is 0.256 e. The maximum absolute atomic E-state index is 12.6. The average Bonchev–Trinajstić information content (AvgIpc) is 2.57. The van der Waals surface area contributed by atoms with Gasteiger partial charge in [0.05, 0.1) is 18.0 Å². The molecule has 5 heteroatoms. The highest BCUT2D eigenvalue weighted by Gasteiger charge is 2.32. The molecule has 0 aliphatic carbocycles. The smallest absolute Gasteiger partial charge is 0.256 e. The number of methoxy groups -OCH3 is 1. The summed E-state index contributed by atoms with van der Waals surface area (Å²) < 4.78 is 11.1. The fourth-order valence-corrected chi connectivity index (χ4v) is 2.35. The van der Waals surface area contributed by atoms with Crippen LogP contribution in [0.3, 0.4) is 0 Å². The molecule has 1 rings (SSSR count). The number of aryl methyl sites for hydroxylation is 1. The summed E-state index contributed by atoms with van der Waals surface area (Å²) in [6.07, 6.45) is 5.97. The van der Waals surface area contributed by atoms with Gasteiger partial charge in [-0.1, -0.05) is 39.5 Å². The largest absolute Gasteiger partial charge is 0.478 e. The van der Waals surface area contributed by atoms with E-state index in [1.807, 2.05) is 19.9 Å². The predicted molar refractivity (Wildman–Crippen MR) is 97.6 cm³/mol. The number of hydrogen-bond donors (Lipinski definition) is 1. The molecule has 1 aromatic rings. The minimum absolute atomic E-state index is 0.134. The van der Waals surface area contributed by atoms with Gasteiger partial charge in [0.25, 0.3) is 5.91 Å². The van der Waals surface area contributed by atoms with E-state index in [1.54, 1.807) is 13.2 Å². The van der Waals surface area contributed by atoms with Crippen molar-refractivity contribution in [2.24, 2.45) is 0 Å². The third-order valence-electron chi connectivity index (χ3n) is 4.24. The topological polar surface area (TPSA) is 60.5 Å². The van der Waals surface area contributed by atoms with Gasteiger partial charge in [0.1, 0.15) is 5.60 Å². The Kier molecular flexibility index (Phi) is 8.76. The highest BCUT2D eigenvalue weighted by atomic mass is 16.5. The molecule has 1 atom stereocenters. The zero-order valence-electron chi connectivity index (χ0n) is 15.8. The Morgan fingerprint density at radius 2 is 1.92 bits per heavy atom. The third-order valence-corrected chi connectivity index (χ3v) is 4.24. The van der Waals surface area contributed by atoms with Gasteiger partial charge < -0.3 is 14.8 Å². The van der Waals surface area contributed by atoms with Crippen molar-refractivity contribution >= 4 is 11.6 Å². The maximum atomic E-state index is 12.6. The molecule has 24 heavy (non-hydrogen) atoms. The second-order valence-electron chi connectivity index (χ2n) is 6.33. The van der Waals surface area contributed by atoms with Crippen molar-refractivity contribution in [3.05, 3.63) is 17.8 Å². The highest BCUT2D eigenvalue weighted by molar-refractivity contribution is 5.97. The van der Waals surface area contributed by atoms with Crippen LogP contribution in [0.2, 0.25) is 0 Å². The number of pyridine rings is 1. The molecule has 0 aliphatic rings. The number of nitrogens with one attached hydrogen (secondary N) is 1. The van der Waals surface area contributed by atoms with Crippen LogP contribution in [0.5, 0.6) is 5.88 Å². The number of anilines is 1. The second kappa shape index (κ2) is 10.3. The Hall–Kier alpha value is -1.62. The summed E-state index contributed by atoms with van der Waals surface area (Å²) in [4.78, 5) is 17.0. The van der Waals surface area contributed by atoms with E-state index >= 15 is 0 Å². The Morgan fingerprint density at radius 3 is 2.50 bits per heavy atom. The van der Waals surface area contributed by atoms with Crippen LogP contribution in [0.4, 0.5) is 5.69 Å². The predicted octanol–water partition coefficient (Wildman–Crippen LogP) is 4.49. The number of aromatic nitrogens is 1. The number of carbonyl (C=O) groups is 1. The van der Waals surface area contributed by atoms with Gasteiger partial charge in [-0.15, -0.1) is 0 Å². The summed E-state index contributed by atoms with van der Waals surface area (Å²) in [5.41, 5.74) is 0.615. The number of unbranched alkanes of at least 4 members (excludes halogenated alkanes) is 3. The Morgan fingerprint density at radius 1 is 1.21 bits per heavy atom. The van der Waals surface area contributed by atoms with Crippen LogP contribution >= 0.6 is 0 Å². The first-order chi connectivity index (χ1) is 11.5. The zero-order chi connectivity index (χ0) is 18.0. The molecule has 0 aromatic carbocycles. The summed E-state index contributed by atoms with van der Waals surface area (Å²) in [5, 5.41) is 2.94. The van der Waals surface area contributed by atoms with Crippen molar-refractivity contribution < 1.29 is 14.3 Å². The fraction of sp³-hybridized carbons (Fsp3) is 0.684. The summed E-state index contributed by atoms with van der Waals surface area (Å²) >= 11 is 0. The van der Waals surface area contributed by atoms with Gasteiger partial charge in [0.15, 0.2) is 0 Å². The summed E-state index contributed by atoms with van der Waals surface area (Å²) in [5.74, 6) is 0.460. The van der Waals surface area contributed by atoms with E-state index in [4.69, 9.17) is 9.47 Å². The zero-order valence-corrected chi connectivity index (χ0v) is 15.8. The van der Waals surface area contributed by atoms with Gasteiger partial charge in [-0.2, -0.15) is 0 Å². The van der Waals surface area contributed by atoms with E-state index in [2.05, 4.69) is 24.1 Å². The molecule has 0 bridgehead atoms. The summed E-state index contributed by atoms with van der Waals surface area (Å²) in [6.45, 7) is 8.62. The quantitative estimate of drug-likeness (QED) is 0.605. The van der Waals surface area contributed by atoms with E-state index in [9.17, 15) is 4.79 Å². The molecule has 136 valence electrons. The first kappa shape index (κ1) is 20.4. The lowest BCUT2D eigenvalue weighted by molar-refractivity contribution is -0.136. The Bertz CT molecular complexity index is 519. The standard InChI is InChI=1S/C19H32N2O3/c1-6-8-10-13-19(4,23-5)18(22)21-16-11-12-17(20-15(16)3)24-14-9-7-2/h11-12H,6-10,13-14H2,1-5H3,(H,21,22). The van der Waals surface area contributed by atoms with Crippen LogP contribution in [0.15, 0.2) is 12.1 Å². The van der Waals surface area contributed by atoms with Crippen molar-refractivity contribution in [2.75, 3.05) is 19.0 Å². The number of ether oxygens (including phenoxy) is 2. The second-order valence-corrected chi connectivity index (χ2v) is 6.33. The van der Waals surface area contributed by atoms with Gasteiger partial charge in [-0.3, -0.25) is 4.79 Å². The van der Waals surface area contributed by atoms with Crippen LogP contribution in [0.25, 0.3) is 0 Å². The third kappa shape index (κ3) is 6.11. The number of rotatable bonds is 11. The highest BCUT2D eigenvalue weighted by Crippen LogP contribution is 2.23. The normalized spacial score (nSPS) is 13.4. The van der Waals surface area contributed by atoms with E-state index < -0.39 is 5.60 Å². The molecular formula is C19H32N2O3. The van der Waals surface area contributed by atoms with E-state index in [0.717, 1.165) is 37.8 Å². The lowest BCUT2D eigenvalue weighted by Gasteiger charge is -2.27. The number of amides is 1. The fourth-order valence-electron chi connectivity index (χ4n) is 2.35. The molecule has 0 spiro atoms. The van der Waals surface area contributed by atoms with Gasteiger partial charge in [0.2, 0.25) is 5.88 Å². The first-order valence-electron chi connectivity index (χ1n) is 8.93. The lowest BCUT2D eigenvalue weighted by Crippen LogP contribution is -2.42.